The second-order valence-electron chi connectivity index (χ2n) is 6.11. The molecular weight excluding hydrogens is 312 g/mol. The molecule has 1 aliphatic rings. The Bertz CT molecular complexity index is 590. The van der Waals surface area contributed by atoms with Crippen LogP contribution in [-0.4, -0.2) is 48.3 Å². The van der Waals surface area contributed by atoms with Gasteiger partial charge >= 0.3 is 6.09 Å². The number of hydrogen-bond donors (Lipinski definition) is 0. The van der Waals surface area contributed by atoms with E-state index in [0.29, 0.717) is 13.0 Å². The zero-order chi connectivity index (χ0) is 15.7. The maximum absolute atomic E-state index is 12.4. The highest BCUT2D eigenvalue weighted by atomic mass is 32.2. The van der Waals surface area contributed by atoms with Gasteiger partial charge < -0.3 is 9.64 Å². The first kappa shape index (κ1) is 16.2. The van der Waals surface area contributed by atoms with E-state index in [1.807, 2.05) is 0 Å². The molecule has 1 aliphatic heterocycles. The van der Waals surface area contributed by atoms with Gasteiger partial charge in [-0.15, -0.1) is 11.3 Å². The molecule has 0 saturated carbocycles. The fourth-order valence-electron chi connectivity index (χ4n) is 2.14. The molecule has 1 saturated heterocycles. The van der Waals surface area contributed by atoms with Crippen LogP contribution in [0.2, 0.25) is 0 Å². The summed E-state index contributed by atoms with van der Waals surface area (Å²) in [5, 5.41) is -0.521. The highest BCUT2D eigenvalue weighted by Gasteiger charge is 2.36. The Balaban J connectivity index is 1.97. The van der Waals surface area contributed by atoms with Crippen LogP contribution in [0.15, 0.2) is 11.7 Å². The number of carbonyl (C=O) groups is 1. The predicted molar refractivity (Wildman–Crippen MR) is 80.9 cm³/mol. The van der Waals surface area contributed by atoms with Crippen molar-refractivity contribution in [2.45, 2.75) is 43.8 Å². The molecule has 2 rings (SSSR count). The van der Waals surface area contributed by atoms with Crippen LogP contribution in [0.5, 0.6) is 0 Å². The maximum Gasteiger partial charge on any atom is 0.410 e. The summed E-state index contributed by atoms with van der Waals surface area (Å²) in [6, 6.07) is 0. The molecule has 1 aromatic heterocycles. The fraction of sp³-hybridized carbons (Fsp3) is 0.692. The molecule has 0 N–H and O–H groups in total. The average molecular weight is 332 g/mol. The van der Waals surface area contributed by atoms with Crippen molar-refractivity contribution < 1.29 is 17.9 Å². The van der Waals surface area contributed by atoms with Gasteiger partial charge in [0.1, 0.15) is 5.60 Å². The molecule has 0 radical (unpaired) electrons. The van der Waals surface area contributed by atoms with Crippen molar-refractivity contribution in [1.29, 1.82) is 0 Å². The zero-order valence-corrected chi connectivity index (χ0v) is 14.0. The summed E-state index contributed by atoms with van der Waals surface area (Å²) in [4.78, 5) is 18.0. The average Bonchev–Trinajstić information content (AvgIpc) is 2.95. The molecule has 0 aromatic carbocycles. The van der Waals surface area contributed by atoms with Gasteiger partial charge in [0.2, 0.25) is 0 Å². The Morgan fingerprint density at radius 2 is 2.24 bits per heavy atom. The van der Waals surface area contributed by atoms with Crippen LogP contribution in [0.25, 0.3) is 0 Å². The number of rotatable bonds is 3. The lowest BCUT2D eigenvalue weighted by Crippen LogP contribution is -2.36. The molecule has 1 aromatic rings. The number of aromatic nitrogens is 1. The van der Waals surface area contributed by atoms with Gasteiger partial charge in [-0.1, -0.05) is 0 Å². The second-order valence-corrected chi connectivity index (χ2v) is 9.36. The lowest BCUT2D eigenvalue weighted by atomic mass is 10.2. The topological polar surface area (TPSA) is 76.6 Å². The van der Waals surface area contributed by atoms with Crippen molar-refractivity contribution in [2.75, 3.05) is 13.1 Å². The van der Waals surface area contributed by atoms with Crippen LogP contribution in [0.4, 0.5) is 4.79 Å². The van der Waals surface area contributed by atoms with E-state index >= 15 is 0 Å². The van der Waals surface area contributed by atoms with E-state index in [0.717, 1.165) is 4.88 Å². The lowest BCUT2D eigenvalue weighted by molar-refractivity contribution is 0.0295. The third kappa shape index (κ3) is 4.41. The van der Waals surface area contributed by atoms with E-state index in [2.05, 4.69) is 4.98 Å². The van der Waals surface area contributed by atoms with Crippen molar-refractivity contribution >= 4 is 27.3 Å². The number of thiazole rings is 1. The number of sulfone groups is 1. The zero-order valence-electron chi connectivity index (χ0n) is 12.4. The smallest absolute Gasteiger partial charge is 0.410 e. The van der Waals surface area contributed by atoms with Gasteiger partial charge in [0.05, 0.1) is 16.5 Å². The summed E-state index contributed by atoms with van der Waals surface area (Å²) >= 11 is 1.33. The van der Waals surface area contributed by atoms with Crippen LogP contribution < -0.4 is 0 Å². The van der Waals surface area contributed by atoms with E-state index in [4.69, 9.17) is 4.74 Å². The Morgan fingerprint density at radius 3 is 2.81 bits per heavy atom. The third-order valence-corrected chi connectivity index (χ3v) is 6.21. The SMILES string of the molecule is CC(C)(C)OC(=O)N1CCC(S(=O)(=O)Cc2cncs2)C1. The number of hydrogen-bond acceptors (Lipinski definition) is 6. The quantitative estimate of drug-likeness (QED) is 0.847. The van der Waals surface area contributed by atoms with Gasteiger partial charge in [-0.3, -0.25) is 4.98 Å². The molecule has 0 spiro atoms. The number of ether oxygens (including phenoxy) is 1. The number of amides is 1. The first-order valence-corrected chi connectivity index (χ1v) is 9.34. The van der Waals surface area contributed by atoms with E-state index in [1.165, 1.54) is 16.2 Å². The predicted octanol–water partition coefficient (Wildman–Crippen LogP) is 2.07. The minimum absolute atomic E-state index is 0.00943. The Morgan fingerprint density at radius 1 is 1.52 bits per heavy atom. The third-order valence-electron chi connectivity index (χ3n) is 3.13. The van der Waals surface area contributed by atoms with Crippen LogP contribution in [-0.2, 0) is 20.3 Å². The van der Waals surface area contributed by atoms with Gasteiger partial charge in [-0.2, -0.15) is 0 Å². The monoisotopic (exact) mass is 332 g/mol. The van der Waals surface area contributed by atoms with Gasteiger partial charge in [0, 0.05) is 24.2 Å². The van der Waals surface area contributed by atoms with E-state index < -0.39 is 26.8 Å². The summed E-state index contributed by atoms with van der Waals surface area (Å²) in [7, 11) is -3.27. The van der Waals surface area contributed by atoms with Crippen molar-refractivity contribution in [3.8, 4) is 0 Å². The molecular formula is C13H20N2O4S2. The Hall–Kier alpha value is -1.15. The largest absolute Gasteiger partial charge is 0.444 e. The van der Waals surface area contributed by atoms with Gasteiger partial charge in [-0.05, 0) is 27.2 Å². The fourth-order valence-corrected chi connectivity index (χ4v) is 4.87. The van der Waals surface area contributed by atoms with E-state index in [-0.39, 0.29) is 12.3 Å². The molecule has 0 aliphatic carbocycles. The first-order valence-electron chi connectivity index (χ1n) is 6.74. The number of carbonyl (C=O) groups excluding carboxylic acids is 1. The molecule has 21 heavy (non-hydrogen) atoms. The highest BCUT2D eigenvalue weighted by molar-refractivity contribution is 7.91. The molecule has 8 heteroatoms. The van der Waals surface area contributed by atoms with Gasteiger partial charge in [-0.25, -0.2) is 13.2 Å². The van der Waals surface area contributed by atoms with E-state index in [1.54, 1.807) is 32.5 Å². The standard InChI is InChI=1S/C13H20N2O4S2/c1-13(2,3)19-12(16)15-5-4-11(7-15)21(17,18)8-10-6-14-9-20-10/h6,9,11H,4-5,7-8H2,1-3H3. The summed E-state index contributed by atoms with van der Waals surface area (Å²) in [6.07, 6.45) is 1.58. The minimum Gasteiger partial charge on any atom is -0.444 e. The van der Waals surface area contributed by atoms with Crippen LogP contribution >= 0.6 is 11.3 Å². The molecule has 118 valence electrons. The Kier molecular flexibility index (Phi) is 4.57. The summed E-state index contributed by atoms with van der Waals surface area (Å²) in [6.45, 7) is 5.99. The first-order chi connectivity index (χ1) is 9.67. The summed E-state index contributed by atoms with van der Waals surface area (Å²) < 4.78 is 30.0. The highest BCUT2D eigenvalue weighted by Crippen LogP contribution is 2.23. The Labute approximate surface area is 129 Å². The maximum atomic E-state index is 12.4. The summed E-state index contributed by atoms with van der Waals surface area (Å²) in [5.41, 5.74) is 1.04. The lowest BCUT2D eigenvalue weighted by Gasteiger charge is -2.24. The van der Waals surface area contributed by atoms with Crippen molar-refractivity contribution in [3.63, 3.8) is 0 Å². The minimum atomic E-state index is -3.27. The molecule has 1 unspecified atom stereocenters. The van der Waals surface area contributed by atoms with Gasteiger partial charge in [0.25, 0.3) is 0 Å². The molecule has 1 fully saturated rings. The summed E-state index contributed by atoms with van der Waals surface area (Å²) in [5.74, 6) is -0.00943. The molecule has 0 bridgehead atoms. The van der Waals surface area contributed by atoms with Crippen LogP contribution in [0.3, 0.4) is 0 Å². The van der Waals surface area contributed by atoms with Crippen LogP contribution in [0.1, 0.15) is 32.1 Å². The second kappa shape index (κ2) is 5.92. The van der Waals surface area contributed by atoms with Crippen molar-refractivity contribution in [2.24, 2.45) is 0 Å². The van der Waals surface area contributed by atoms with Crippen molar-refractivity contribution in [3.05, 3.63) is 16.6 Å². The molecule has 1 atom stereocenters. The normalized spacial score (nSPS) is 19.8. The molecule has 1 amide bonds. The van der Waals surface area contributed by atoms with Gasteiger partial charge in [0.15, 0.2) is 9.84 Å². The number of likely N-dealkylation sites (tertiary alicyclic amines) is 1. The molecule has 2 heterocycles. The van der Waals surface area contributed by atoms with Crippen molar-refractivity contribution in [1.82, 2.24) is 9.88 Å². The van der Waals surface area contributed by atoms with E-state index in [9.17, 15) is 13.2 Å². The molecule has 6 nitrogen and oxygen atoms in total. The number of nitrogens with zero attached hydrogens (tertiary/aromatic N) is 2. The van der Waals surface area contributed by atoms with Crippen LogP contribution in [0, 0.1) is 0 Å².